The number of ketones is 1. The van der Waals surface area contributed by atoms with E-state index in [9.17, 15) is 14.7 Å². The maximum Gasteiger partial charge on any atom is 0.295 e. The lowest BCUT2D eigenvalue weighted by Crippen LogP contribution is -2.38. The highest BCUT2D eigenvalue weighted by molar-refractivity contribution is 6.46. The maximum absolute atomic E-state index is 13.5. The minimum Gasteiger partial charge on any atom is -0.507 e. The van der Waals surface area contributed by atoms with Crippen LogP contribution in [-0.4, -0.2) is 59.4 Å². The summed E-state index contributed by atoms with van der Waals surface area (Å²) in [7, 11) is 0. The van der Waals surface area contributed by atoms with Gasteiger partial charge in [-0.15, -0.1) is 0 Å². The molecule has 3 aromatic rings. The van der Waals surface area contributed by atoms with Gasteiger partial charge < -0.3 is 24.4 Å². The molecule has 3 aromatic carbocycles. The van der Waals surface area contributed by atoms with E-state index in [1.807, 2.05) is 74.5 Å². The number of ether oxygens (including phenoxy) is 2. The molecule has 1 saturated heterocycles. The molecule has 1 amide bonds. The van der Waals surface area contributed by atoms with Crippen LogP contribution < -0.4 is 9.47 Å². The first-order valence-corrected chi connectivity index (χ1v) is 13.4. The molecule has 1 heterocycles. The lowest BCUT2D eigenvalue weighted by Gasteiger charge is -2.28. The predicted octanol–water partition coefficient (Wildman–Crippen LogP) is 5.95. The summed E-state index contributed by atoms with van der Waals surface area (Å²) in [6, 6.07) is 21.3. The number of benzene rings is 3. The average Bonchev–Trinajstić information content (AvgIpc) is 3.19. The highest BCUT2D eigenvalue weighted by atomic mass is 16.5. The second kappa shape index (κ2) is 12.6. The number of aliphatic hydroxyl groups is 1. The molecule has 1 aliphatic rings. The van der Waals surface area contributed by atoms with Gasteiger partial charge in [-0.25, -0.2) is 0 Å². The molecule has 1 aliphatic heterocycles. The number of amides is 1. The summed E-state index contributed by atoms with van der Waals surface area (Å²) in [5.41, 5.74) is 1.99. The maximum atomic E-state index is 13.5. The number of Topliss-reactive ketones (excluding diaryl/α,β-unsaturated/α-hetero) is 1. The molecule has 0 saturated carbocycles. The summed E-state index contributed by atoms with van der Waals surface area (Å²) in [6.45, 7) is 11.0. The summed E-state index contributed by atoms with van der Waals surface area (Å²) >= 11 is 0. The Morgan fingerprint density at radius 2 is 1.62 bits per heavy atom. The van der Waals surface area contributed by atoms with Gasteiger partial charge in [0, 0.05) is 18.7 Å². The number of carbonyl (C=O) groups is 2. The molecule has 4 rings (SSSR count). The van der Waals surface area contributed by atoms with Gasteiger partial charge in [0.15, 0.2) is 0 Å². The van der Waals surface area contributed by atoms with Gasteiger partial charge in [0.2, 0.25) is 0 Å². The molecule has 1 N–H and O–H groups in total. The molecule has 7 nitrogen and oxygen atoms in total. The Morgan fingerprint density at radius 1 is 0.897 bits per heavy atom. The summed E-state index contributed by atoms with van der Waals surface area (Å²) in [5, 5.41) is 11.5. The second-order valence-corrected chi connectivity index (χ2v) is 9.42. The Hall–Kier alpha value is -4.10. The molecule has 0 radical (unpaired) electrons. The molecule has 0 aliphatic carbocycles. The van der Waals surface area contributed by atoms with E-state index in [2.05, 4.69) is 18.7 Å². The first-order valence-electron chi connectivity index (χ1n) is 13.4. The van der Waals surface area contributed by atoms with Crippen LogP contribution in [0.2, 0.25) is 0 Å². The molecule has 7 heteroatoms. The van der Waals surface area contributed by atoms with Gasteiger partial charge in [0.25, 0.3) is 11.7 Å². The van der Waals surface area contributed by atoms with E-state index in [0.29, 0.717) is 48.1 Å². The summed E-state index contributed by atoms with van der Waals surface area (Å²) < 4.78 is 11.6. The average molecular weight is 529 g/mol. The fraction of sp³-hybridized carbons (Fsp3) is 0.312. The summed E-state index contributed by atoms with van der Waals surface area (Å²) in [4.78, 5) is 30.6. The Kier molecular flexibility index (Phi) is 9.04. The fourth-order valence-corrected chi connectivity index (χ4v) is 4.92. The van der Waals surface area contributed by atoms with Crippen molar-refractivity contribution in [3.05, 3.63) is 95.1 Å². The minimum absolute atomic E-state index is 0.0728. The normalized spacial score (nSPS) is 16.6. The quantitative estimate of drug-likeness (QED) is 0.188. The van der Waals surface area contributed by atoms with E-state index in [4.69, 9.17) is 9.47 Å². The Labute approximate surface area is 230 Å². The zero-order valence-corrected chi connectivity index (χ0v) is 23.0. The van der Waals surface area contributed by atoms with E-state index in [-0.39, 0.29) is 11.3 Å². The summed E-state index contributed by atoms with van der Waals surface area (Å²) in [6.07, 6.45) is 0. The minimum atomic E-state index is -0.758. The molecule has 1 fully saturated rings. The van der Waals surface area contributed by atoms with Gasteiger partial charge in [0.1, 0.15) is 23.0 Å². The molecule has 1 unspecified atom stereocenters. The monoisotopic (exact) mass is 528 g/mol. The highest BCUT2D eigenvalue weighted by Crippen LogP contribution is 2.41. The van der Waals surface area contributed by atoms with Crippen molar-refractivity contribution in [2.75, 3.05) is 32.8 Å². The van der Waals surface area contributed by atoms with Crippen molar-refractivity contribution in [3.8, 4) is 17.2 Å². The SMILES string of the molecule is CCOc1ccc(/C(O)=C2/C(=O)C(=O)N(CCN(CC)CC)C2c2cccc(Oc3ccccc3)c2)c(C)c1. The van der Waals surface area contributed by atoms with E-state index in [1.54, 1.807) is 17.0 Å². The Bertz CT molecular complexity index is 1350. The first kappa shape index (κ1) is 27.9. The number of para-hydroxylation sites is 1. The van der Waals surface area contributed by atoms with Crippen LogP contribution in [0.5, 0.6) is 17.2 Å². The van der Waals surface area contributed by atoms with Crippen molar-refractivity contribution in [2.45, 2.75) is 33.7 Å². The van der Waals surface area contributed by atoms with Crippen molar-refractivity contribution in [3.63, 3.8) is 0 Å². The van der Waals surface area contributed by atoms with Crippen LogP contribution in [0.3, 0.4) is 0 Å². The molecule has 0 aromatic heterocycles. The van der Waals surface area contributed by atoms with Crippen LogP contribution in [-0.2, 0) is 9.59 Å². The van der Waals surface area contributed by atoms with Gasteiger partial charge in [0.05, 0.1) is 18.2 Å². The van der Waals surface area contributed by atoms with Crippen LogP contribution in [0, 0.1) is 6.92 Å². The van der Waals surface area contributed by atoms with E-state index < -0.39 is 17.7 Å². The number of hydrogen-bond donors (Lipinski definition) is 1. The lowest BCUT2D eigenvalue weighted by atomic mass is 9.93. The second-order valence-electron chi connectivity index (χ2n) is 9.42. The van der Waals surface area contributed by atoms with Crippen molar-refractivity contribution in [2.24, 2.45) is 0 Å². The smallest absolute Gasteiger partial charge is 0.295 e. The number of likely N-dealkylation sites (tertiary alicyclic amines) is 1. The van der Waals surface area contributed by atoms with Crippen LogP contribution >= 0.6 is 0 Å². The first-order chi connectivity index (χ1) is 18.9. The number of carbonyl (C=O) groups excluding carboxylic acids is 2. The molecule has 0 bridgehead atoms. The third kappa shape index (κ3) is 6.15. The van der Waals surface area contributed by atoms with Crippen molar-refractivity contribution < 1.29 is 24.2 Å². The van der Waals surface area contributed by atoms with Gasteiger partial charge in [-0.2, -0.15) is 0 Å². The third-order valence-corrected chi connectivity index (χ3v) is 7.01. The van der Waals surface area contributed by atoms with E-state index in [0.717, 1.165) is 18.7 Å². The van der Waals surface area contributed by atoms with E-state index in [1.165, 1.54) is 0 Å². The summed E-state index contributed by atoms with van der Waals surface area (Å²) in [5.74, 6) is 0.416. The zero-order chi connectivity index (χ0) is 27.9. The van der Waals surface area contributed by atoms with Gasteiger partial charge in [-0.05, 0) is 80.5 Å². The number of aliphatic hydroxyl groups excluding tert-OH is 1. The molecular weight excluding hydrogens is 492 g/mol. The molecule has 204 valence electrons. The number of likely N-dealkylation sites (N-methyl/N-ethyl adjacent to an activating group) is 1. The van der Waals surface area contributed by atoms with Crippen molar-refractivity contribution >= 4 is 17.4 Å². The Morgan fingerprint density at radius 3 is 2.28 bits per heavy atom. The van der Waals surface area contributed by atoms with Crippen molar-refractivity contribution in [1.29, 1.82) is 0 Å². The number of hydrogen-bond acceptors (Lipinski definition) is 6. The predicted molar refractivity (Wildman–Crippen MR) is 152 cm³/mol. The van der Waals surface area contributed by atoms with Gasteiger partial charge in [-0.3, -0.25) is 9.59 Å². The van der Waals surface area contributed by atoms with Crippen LogP contribution in [0.25, 0.3) is 5.76 Å². The number of nitrogens with zero attached hydrogens (tertiary/aromatic N) is 2. The molecular formula is C32H36N2O5. The van der Waals surface area contributed by atoms with Gasteiger partial charge >= 0.3 is 0 Å². The lowest BCUT2D eigenvalue weighted by molar-refractivity contribution is -0.140. The van der Waals surface area contributed by atoms with Crippen LogP contribution in [0.4, 0.5) is 0 Å². The number of rotatable bonds is 11. The van der Waals surface area contributed by atoms with E-state index >= 15 is 0 Å². The zero-order valence-electron chi connectivity index (χ0n) is 23.0. The largest absolute Gasteiger partial charge is 0.507 e. The fourth-order valence-electron chi connectivity index (χ4n) is 4.92. The van der Waals surface area contributed by atoms with Gasteiger partial charge in [-0.1, -0.05) is 44.2 Å². The Balaban J connectivity index is 1.80. The standard InChI is InChI=1S/C32H36N2O5/c1-5-33(6-2)18-19-34-29(23-12-11-15-26(21-23)39-24-13-9-8-10-14-24)28(31(36)32(34)37)30(35)27-17-16-25(38-7-3)20-22(27)4/h8-17,20-21,29,35H,5-7,18-19H2,1-4H3/b30-28-. The number of aryl methyl sites for hydroxylation is 1. The third-order valence-electron chi connectivity index (χ3n) is 7.01. The van der Waals surface area contributed by atoms with Crippen LogP contribution in [0.15, 0.2) is 78.4 Å². The molecule has 0 spiro atoms. The van der Waals surface area contributed by atoms with Crippen LogP contribution in [0.1, 0.15) is 43.5 Å². The molecule has 1 atom stereocenters. The molecule has 39 heavy (non-hydrogen) atoms. The van der Waals surface area contributed by atoms with Crippen molar-refractivity contribution in [1.82, 2.24) is 9.80 Å². The topological polar surface area (TPSA) is 79.3 Å². The highest BCUT2D eigenvalue weighted by Gasteiger charge is 2.46.